The monoisotopic (exact) mass is 319 g/mol. The highest BCUT2D eigenvalue weighted by Gasteiger charge is 2.06. The number of hydrogen-bond donors (Lipinski definition) is 2. The molecule has 106 valence electrons. The standard InChI is InChI=1S/C15H11ClFN3S/c16-12-7-11(4-5-13(12)17)19-15-20-14(8-21-15)9-2-1-3-10(18)6-9/h1-8H,18H2,(H,19,20). The highest BCUT2D eigenvalue weighted by Crippen LogP contribution is 2.29. The maximum atomic E-state index is 13.1. The van der Waals surface area contributed by atoms with Crippen LogP contribution in [0.5, 0.6) is 0 Å². The van der Waals surface area contributed by atoms with E-state index < -0.39 is 5.82 Å². The van der Waals surface area contributed by atoms with Gasteiger partial charge in [0.2, 0.25) is 0 Å². The molecule has 0 bridgehead atoms. The molecular formula is C15H11ClFN3S. The Kier molecular flexibility index (Phi) is 3.77. The summed E-state index contributed by atoms with van der Waals surface area (Å²) >= 11 is 7.21. The maximum absolute atomic E-state index is 13.1. The maximum Gasteiger partial charge on any atom is 0.187 e. The van der Waals surface area contributed by atoms with Crippen molar-refractivity contribution in [3.05, 3.63) is 58.7 Å². The fourth-order valence-electron chi connectivity index (χ4n) is 1.86. The van der Waals surface area contributed by atoms with Gasteiger partial charge in [0, 0.05) is 22.3 Å². The van der Waals surface area contributed by atoms with E-state index in [-0.39, 0.29) is 5.02 Å². The number of thiazole rings is 1. The number of nitrogen functional groups attached to an aromatic ring is 1. The van der Waals surface area contributed by atoms with Gasteiger partial charge < -0.3 is 11.1 Å². The summed E-state index contributed by atoms with van der Waals surface area (Å²) in [6, 6.07) is 12.0. The first kappa shape index (κ1) is 13.9. The Balaban J connectivity index is 1.83. The molecule has 6 heteroatoms. The van der Waals surface area contributed by atoms with Crippen molar-refractivity contribution < 1.29 is 4.39 Å². The van der Waals surface area contributed by atoms with Crippen LogP contribution in [0.4, 0.5) is 20.9 Å². The van der Waals surface area contributed by atoms with Crippen LogP contribution >= 0.6 is 22.9 Å². The van der Waals surface area contributed by atoms with Gasteiger partial charge in [-0.25, -0.2) is 9.37 Å². The third-order valence-corrected chi connectivity index (χ3v) is 3.90. The zero-order valence-corrected chi connectivity index (χ0v) is 12.4. The lowest BCUT2D eigenvalue weighted by molar-refractivity contribution is 0.628. The third kappa shape index (κ3) is 3.15. The Morgan fingerprint density at radius 2 is 2.05 bits per heavy atom. The Labute approximate surface area is 130 Å². The molecule has 0 spiro atoms. The van der Waals surface area contributed by atoms with Gasteiger partial charge in [0.15, 0.2) is 5.13 Å². The van der Waals surface area contributed by atoms with Gasteiger partial charge in [-0.15, -0.1) is 11.3 Å². The normalized spacial score (nSPS) is 10.6. The minimum absolute atomic E-state index is 0.0765. The summed E-state index contributed by atoms with van der Waals surface area (Å²) < 4.78 is 13.1. The molecule has 0 atom stereocenters. The predicted molar refractivity (Wildman–Crippen MR) is 86.7 cm³/mol. The van der Waals surface area contributed by atoms with Gasteiger partial charge in [0.05, 0.1) is 10.7 Å². The van der Waals surface area contributed by atoms with E-state index in [9.17, 15) is 4.39 Å². The molecule has 0 radical (unpaired) electrons. The molecule has 3 rings (SSSR count). The molecule has 0 saturated heterocycles. The first-order chi connectivity index (χ1) is 10.1. The number of rotatable bonds is 3. The minimum Gasteiger partial charge on any atom is -0.399 e. The second-order valence-corrected chi connectivity index (χ2v) is 5.68. The van der Waals surface area contributed by atoms with Crippen molar-refractivity contribution in [3.8, 4) is 11.3 Å². The van der Waals surface area contributed by atoms with Crippen LogP contribution in [0.25, 0.3) is 11.3 Å². The number of halogens is 2. The fourth-order valence-corrected chi connectivity index (χ4v) is 2.78. The van der Waals surface area contributed by atoms with Crippen LogP contribution in [-0.2, 0) is 0 Å². The second-order valence-electron chi connectivity index (χ2n) is 4.42. The van der Waals surface area contributed by atoms with Gasteiger partial charge in [-0.05, 0) is 30.3 Å². The van der Waals surface area contributed by atoms with Crippen molar-refractivity contribution >= 4 is 39.4 Å². The molecule has 0 saturated carbocycles. The van der Waals surface area contributed by atoms with Crippen LogP contribution in [0.15, 0.2) is 47.8 Å². The van der Waals surface area contributed by atoms with E-state index in [0.29, 0.717) is 16.5 Å². The summed E-state index contributed by atoms with van der Waals surface area (Å²) in [4.78, 5) is 4.48. The van der Waals surface area contributed by atoms with E-state index in [4.69, 9.17) is 17.3 Å². The van der Waals surface area contributed by atoms with Crippen molar-refractivity contribution in [2.75, 3.05) is 11.1 Å². The smallest absolute Gasteiger partial charge is 0.187 e. The summed E-state index contributed by atoms with van der Waals surface area (Å²) in [7, 11) is 0. The molecular weight excluding hydrogens is 309 g/mol. The van der Waals surface area contributed by atoms with Crippen LogP contribution < -0.4 is 11.1 Å². The van der Waals surface area contributed by atoms with Crippen LogP contribution in [0.1, 0.15) is 0 Å². The molecule has 0 aliphatic heterocycles. The SMILES string of the molecule is Nc1cccc(-c2csc(Nc3ccc(F)c(Cl)c3)n2)c1. The second kappa shape index (κ2) is 5.71. The molecule has 1 aromatic heterocycles. The average molecular weight is 320 g/mol. The first-order valence-corrected chi connectivity index (χ1v) is 7.41. The van der Waals surface area contributed by atoms with Crippen molar-refractivity contribution in [2.24, 2.45) is 0 Å². The molecule has 1 heterocycles. The first-order valence-electron chi connectivity index (χ1n) is 6.15. The molecule has 3 N–H and O–H groups in total. The Bertz CT molecular complexity index is 788. The minimum atomic E-state index is -0.443. The molecule has 2 aromatic carbocycles. The average Bonchev–Trinajstić information content (AvgIpc) is 2.91. The van der Waals surface area contributed by atoms with Crippen LogP contribution in [0.3, 0.4) is 0 Å². The van der Waals surface area contributed by atoms with Gasteiger partial charge in [-0.1, -0.05) is 23.7 Å². The van der Waals surface area contributed by atoms with Gasteiger partial charge in [0.1, 0.15) is 5.82 Å². The molecule has 21 heavy (non-hydrogen) atoms. The van der Waals surface area contributed by atoms with E-state index in [1.54, 1.807) is 6.07 Å². The zero-order chi connectivity index (χ0) is 14.8. The van der Waals surface area contributed by atoms with E-state index in [1.807, 2.05) is 29.6 Å². The van der Waals surface area contributed by atoms with Crippen molar-refractivity contribution in [1.82, 2.24) is 4.98 Å². The number of nitrogens with two attached hydrogens (primary N) is 1. The highest BCUT2D eigenvalue weighted by atomic mass is 35.5. The van der Waals surface area contributed by atoms with Gasteiger partial charge in [-0.2, -0.15) is 0 Å². The Morgan fingerprint density at radius 1 is 1.19 bits per heavy atom. The lowest BCUT2D eigenvalue weighted by atomic mass is 10.1. The van der Waals surface area contributed by atoms with E-state index >= 15 is 0 Å². The zero-order valence-electron chi connectivity index (χ0n) is 10.8. The van der Waals surface area contributed by atoms with Crippen LogP contribution in [0.2, 0.25) is 5.02 Å². The van der Waals surface area contributed by atoms with Crippen molar-refractivity contribution in [1.29, 1.82) is 0 Å². The Hall–Kier alpha value is -2.11. The number of anilines is 3. The summed E-state index contributed by atoms with van der Waals surface area (Å²) in [6.45, 7) is 0. The molecule has 0 aliphatic rings. The summed E-state index contributed by atoms with van der Waals surface area (Å²) in [5.74, 6) is -0.443. The summed E-state index contributed by atoms with van der Waals surface area (Å²) in [6.07, 6.45) is 0. The number of benzene rings is 2. The van der Waals surface area contributed by atoms with E-state index in [2.05, 4.69) is 10.3 Å². The lowest BCUT2D eigenvalue weighted by Gasteiger charge is -2.03. The summed E-state index contributed by atoms with van der Waals surface area (Å²) in [5.41, 5.74) is 8.94. The van der Waals surface area contributed by atoms with Crippen LogP contribution in [0, 0.1) is 5.82 Å². The van der Waals surface area contributed by atoms with E-state index in [0.717, 1.165) is 11.3 Å². The molecule has 0 unspecified atom stereocenters. The molecule has 3 nitrogen and oxygen atoms in total. The quantitative estimate of drug-likeness (QED) is 0.673. The number of hydrogen-bond acceptors (Lipinski definition) is 4. The molecule has 0 aliphatic carbocycles. The fraction of sp³-hybridized carbons (Fsp3) is 0. The lowest BCUT2D eigenvalue weighted by Crippen LogP contribution is -1.91. The molecule has 0 fully saturated rings. The van der Waals surface area contributed by atoms with Gasteiger partial charge in [0.25, 0.3) is 0 Å². The summed E-state index contributed by atoms with van der Waals surface area (Å²) in [5, 5.41) is 5.81. The van der Waals surface area contributed by atoms with Gasteiger partial charge in [-0.3, -0.25) is 0 Å². The topological polar surface area (TPSA) is 50.9 Å². The van der Waals surface area contributed by atoms with Gasteiger partial charge >= 0.3 is 0 Å². The number of nitrogens with zero attached hydrogens (tertiary/aromatic N) is 1. The van der Waals surface area contributed by atoms with Crippen molar-refractivity contribution in [3.63, 3.8) is 0 Å². The highest BCUT2D eigenvalue weighted by molar-refractivity contribution is 7.14. The van der Waals surface area contributed by atoms with E-state index in [1.165, 1.54) is 23.5 Å². The number of aromatic nitrogens is 1. The third-order valence-electron chi connectivity index (χ3n) is 2.86. The largest absolute Gasteiger partial charge is 0.399 e. The Morgan fingerprint density at radius 3 is 2.81 bits per heavy atom. The van der Waals surface area contributed by atoms with Crippen molar-refractivity contribution in [2.45, 2.75) is 0 Å². The molecule has 0 amide bonds. The predicted octanol–water partition coefficient (Wildman–Crippen LogP) is 4.93. The number of nitrogens with one attached hydrogen (secondary N) is 1. The van der Waals surface area contributed by atoms with Crippen LogP contribution in [-0.4, -0.2) is 4.98 Å². The molecule has 3 aromatic rings.